The van der Waals surface area contributed by atoms with Crippen LogP contribution in [-0.2, 0) is 11.2 Å². The van der Waals surface area contributed by atoms with E-state index in [1.54, 1.807) is 6.92 Å². The number of H-pyrrole nitrogens is 1. The van der Waals surface area contributed by atoms with E-state index in [1.165, 1.54) is 28.7 Å². The van der Waals surface area contributed by atoms with Gasteiger partial charge >= 0.3 is 0 Å². The van der Waals surface area contributed by atoms with E-state index in [0.29, 0.717) is 28.0 Å². The van der Waals surface area contributed by atoms with E-state index in [0.717, 1.165) is 11.3 Å². The van der Waals surface area contributed by atoms with Crippen LogP contribution in [0.5, 0.6) is 0 Å². The molecule has 140 valence electrons. The van der Waals surface area contributed by atoms with Gasteiger partial charge in [-0.2, -0.15) is 0 Å². The first-order valence-electron chi connectivity index (χ1n) is 8.51. The molecule has 1 amide bonds. The highest BCUT2D eigenvalue weighted by molar-refractivity contribution is 7.99. The van der Waals surface area contributed by atoms with Crippen molar-refractivity contribution in [1.82, 2.24) is 15.0 Å². The molecule has 2 N–H and O–H groups in total. The van der Waals surface area contributed by atoms with E-state index in [4.69, 9.17) is 0 Å². The number of rotatable bonds is 6. The van der Waals surface area contributed by atoms with Gasteiger partial charge in [0.05, 0.1) is 11.4 Å². The van der Waals surface area contributed by atoms with Gasteiger partial charge in [0.2, 0.25) is 5.91 Å². The molecule has 0 atom stereocenters. The fourth-order valence-corrected chi connectivity index (χ4v) is 3.99. The second-order valence-electron chi connectivity index (χ2n) is 6.03. The first kappa shape index (κ1) is 19.3. The summed E-state index contributed by atoms with van der Waals surface area (Å²) < 4.78 is 0. The molecule has 6 nitrogen and oxygen atoms in total. The van der Waals surface area contributed by atoms with Crippen LogP contribution >= 0.6 is 23.1 Å². The van der Waals surface area contributed by atoms with Crippen LogP contribution in [0.1, 0.15) is 23.7 Å². The number of carbonyl (C=O) groups excluding carboxylic acids is 1. The fraction of sp³-hybridized carbons (Fsp3) is 0.263. The third-order valence-electron chi connectivity index (χ3n) is 3.99. The Morgan fingerprint density at radius 2 is 1.96 bits per heavy atom. The monoisotopic (exact) mass is 400 g/mol. The third kappa shape index (κ3) is 4.84. The second kappa shape index (κ2) is 8.49. The van der Waals surface area contributed by atoms with Crippen molar-refractivity contribution in [2.24, 2.45) is 0 Å². The summed E-state index contributed by atoms with van der Waals surface area (Å²) in [5.41, 5.74) is 4.27. The van der Waals surface area contributed by atoms with Gasteiger partial charge in [0, 0.05) is 22.2 Å². The predicted molar refractivity (Wildman–Crippen MR) is 111 cm³/mol. The minimum Gasteiger partial charge on any atom is -0.301 e. The largest absolute Gasteiger partial charge is 0.301 e. The van der Waals surface area contributed by atoms with Gasteiger partial charge in [-0.15, -0.1) is 11.3 Å². The number of nitrogens with one attached hydrogen (secondary N) is 2. The van der Waals surface area contributed by atoms with Gasteiger partial charge in [0.1, 0.15) is 0 Å². The number of hydrogen-bond donors (Lipinski definition) is 2. The maximum absolute atomic E-state index is 12.2. The Morgan fingerprint density at radius 3 is 2.63 bits per heavy atom. The van der Waals surface area contributed by atoms with Crippen LogP contribution in [0, 0.1) is 13.8 Å². The summed E-state index contributed by atoms with van der Waals surface area (Å²) in [6.07, 6.45) is 0.632. The van der Waals surface area contributed by atoms with Crippen molar-refractivity contribution in [2.75, 3.05) is 11.1 Å². The summed E-state index contributed by atoms with van der Waals surface area (Å²) in [5, 5.41) is 5.71. The number of aromatic nitrogens is 3. The van der Waals surface area contributed by atoms with Gasteiger partial charge < -0.3 is 10.3 Å². The molecule has 3 rings (SSSR count). The van der Waals surface area contributed by atoms with Gasteiger partial charge in [0.15, 0.2) is 10.3 Å². The molecule has 0 fully saturated rings. The highest BCUT2D eigenvalue weighted by Gasteiger charge is 2.11. The molecule has 0 aliphatic rings. The van der Waals surface area contributed by atoms with E-state index in [1.807, 2.05) is 43.5 Å². The Balaban J connectivity index is 1.60. The number of carbonyl (C=O) groups is 1. The molecule has 0 saturated carbocycles. The van der Waals surface area contributed by atoms with Crippen molar-refractivity contribution >= 4 is 34.1 Å². The molecule has 0 spiro atoms. The van der Waals surface area contributed by atoms with Crippen molar-refractivity contribution in [1.29, 1.82) is 0 Å². The zero-order chi connectivity index (χ0) is 19.4. The van der Waals surface area contributed by atoms with Gasteiger partial charge in [-0.05, 0) is 20.3 Å². The second-order valence-corrected chi connectivity index (χ2v) is 7.85. The Morgan fingerprint density at radius 1 is 1.22 bits per heavy atom. The zero-order valence-electron chi connectivity index (χ0n) is 15.3. The van der Waals surface area contributed by atoms with Gasteiger partial charge in [-0.1, -0.05) is 48.5 Å². The molecule has 27 heavy (non-hydrogen) atoms. The molecule has 0 radical (unpaired) electrons. The van der Waals surface area contributed by atoms with E-state index in [2.05, 4.69) is 20.3 Å². The smallest absolute Gasteiger partial charge is 0.254 e. The van der Waals surface area contributed by atoms with Crippen LogP contribution in [0.25, 0.3) is 11.3 Å². The standard InChI is InChI=1S/C19H20N4O2S2/c1-4-14-12(3)20-18(23-17(14)25)27-10-16(24)22-19-21-15(9-26-19)13-7-5-11(2)6-8-13/h5-9H,4,10H2,1-3H3,(H,20,23,25)(H,21,22,24). The molecule has 2 heterocycles. The molecule has 2 aromatic heterocycles. The highest BCUT2D eigenvalue weighted by Crippen LogP contribution is 2.25. The lowest BCUT2D eigenvalue weighted by molar-refractivity contribution is -0.113. The molecule has 1 aromatic carbocycles. The zero-order valence-corrected chi connectivity index (χ0v) is 17.0. The number of aromatic amines is 1. The maximum Gasteiger partial charge on any atom is 0.254 e. The highest BCUT2D eigenvalue weighted by atomic mass is 32.2. The van der Waals surface area contributed by atoms with Gasteiger partial charge in [0.25, 0.3) is 5.56 Å². The summed E-state index contributed by atoms with van der Waals surface area (Å²) in [7, 11) is 0. The van der Waals surface area contributed by atoms with Crippen molar-refractivity contribution in [3.05, 3.63) is 56.8 Å². The number of hydrogen-bond acceptors (Lipinski definition) is 6. The van der Waals surface area contributed by atoms with Gasteiger partial charge in [-0.3, -0.25) is 9.59 Å². The Hall–Kier alpha value is -2.45. The molecular formula is C19H20N4O2S2. The molecule has 0 saturated heterocycles. The van der Waals surface area contributed by atoms with Crippen LogP contribution in [0.3, 0.4) is 0 Å². The van der Waals surface area contributed by atoms with Crippen LogP contribution in [0.2, 0.25) is 0 Å². The number of nitrogens with zero attached hydrogens (tertiary/aromatic N) is 2. The van der Waals surface area contributed by atoms with Crippen molar-refractivity contribution < 1.29 is 4.79 Å². The quantitative estimate of drug-likeness (QED) is 0.485. The molecular weight excluding hydrogens is 380 g/mol. The summed E-state index contributed by atoms with van der Waals surface area (Å²) >= 11 is 2.58. The van der Waals surface area contributed by atoms with E-state index in [9.17, 15) is 9.59 Å². The van der Waals surface area contributed by atoms with E-state index in [-0.39, 0.29) is 17.2 Å². The first-order valence-corrected chi connectivity index (χ1v) is 10.4. The molecule has 0 unspecified atom stereocenters. The Labute approximate surface area is 165 Å². The van der Waals surface area contributed by atoms with Crippen LogP contribution in [-0.4, -0.2) is 26.6 Å². The lowest BCUT2D eigenvalue weighted by Crippen LogP contribution is -2.18. The van der Waals surface area contributed by atoms with E-state index >= 15 is 0 Å². The van der Waals surface area contributed by atoms with Crippen molar-refractivity contribution in [2.45, 2.75) is 32.3 Å². The molecule has 0 aliphatic carbocycles. The van der Waals surface area contributed by atoms with Gasteiger partial charge in [-0.25, -0.2) is 9.97 Å². The number of aryl methyl sites for hydroxylation is 2. The van der Waals surface area contributed by atoms with Crippen LogP contribution in [0.4, 0.5) is 5.13 Å². The maximum atomic E-state index is 12.2. The number of amides is 1. The fourth-order valence-electron chi connectivity index (χ4n) is 2.55. The molecule has 3 aromatic rings. The Kier molecular flexibility index (Phi) is 6.08. The number of anilines is 1. The summed E-state index contributed by atoms with van der Waals surface area (Å²) in [6.45, 7) is 5.76. The minimum absolute atomic E-state index is 0.143. The topological polar surface area (TPSA) is 87.7 Å². The Bertz CT molecular complexity index is 1010. The normalized spacial score (nSPS) is 10.8. The summed E-state index contributed by atoms with van der Waals surface area (Å²) in [4.78, 5) is 35.7. The average Bonchev–Trinajstić information content (AvgIpc) is 3.09. The summed E-state index contributed by atoms with van der Waals surface area (Å²) in [5.74, 6) is -0.0440. The molecule has 8 heteroatoms. The average molecular weight is 401 g/mol. The summed E-state index contributed by atoms with van der Waals surface area (Å²) in [6, 6.07) is 8.08. The van der Waals surface area contributed by atoms with Crippen molar-refractivity contribution in [3.63, 3.8) is 0 Å². The number of benzene rings is 1. The minimum atomic E-state index is -0.190. The predicted octanol–water partition coefficient (Wildman–Crippen LogP) is 3.80. The van der Waals surface area contributed by atoms with Crippen molar-refractivity contribution in [3.8, 4) is 11.3 Å². The molecule has 0 bridgehead atoms. The lowest BCUT2D eigenvalue weighted by Gasteiger charge is -2.05. The molecule has 0 aliphatic heterocycles. The SMILES string of the molecule is CCc1c(C)nc(SCC(=O)Nc2nc(-c3ccc(C)cc3)cs2)[nH]c1=O. The number of thiazole rings is 1. The first-order chi connectivity index (χ1) is 13.0. The van der Waals surface area contributed by atoms with Crippen LogP contribution < -0.4 is 10.9 Å². The number of thioether (sulfide) groups is 1. The van der Waals surface area contributed by atoms with Crippen LogP contribution in [0.15, 0.2) is 39.6 Å². The lowest BCUT2D eigenvalue weighted by atomic mass is 10.1. The third-order valence-corrected chi connectivity index (χ3v) is 5.62. The van der Waals surface area contributed by atoms with E-state index < -0.39 is 0 Å².